The third kappa shape index (κ3) is 3.26. The van der Waals surface area contributed by atoms with Gasteiger partial charge in [0.1, 0.15) is 11.4 Å². The Balaban J connectivity index is 2.98. The molecule has 4 heteroatoms. The maximum absolute atomic E-state index is 12.2. The number of aryl methyl sites for hydroxylation is 2. The maximum atomic E-state index is 12.2. The number of carbonyl (C=O) groups excluding carboxylic acids is 1. The van der Waals surface area contributed by atoms with Crippen molar-refractivity contribution in [3.63, 3.8) is 0 Å². The normalized spacial score (nSPS) is 13.8. The minimum Gasteiger partial charge on any atom is -0.496 e. The number of carbonyl (C=O) groups is 1. The van der Waals surface area contributed by atoms with Gasteiger partial charge in [0.25, 0.3) is 5.91 Å². The molecule has 0 aliphatic heterocycles. The molecular weight excluding hydrogens is 242 g/mol. The number of benzene rings is 1. The zero-order chi connectivity index (χ0) is 14.6. The van der Waals surface area contributed by atoms with E-state index in [2.05, 4.69) is 5.32 Å². The number of nitrogens with one attached hydrogen (secondary N) is 1. The van der Waals surface area contributed by atoms with Crippen molar-refractivity contribution in [2.45, 2.75) is 39.7 Å². The van der Waals surface area contributed by atoms with Crippen molar-refractivity contribution in [3.8, 4) is 5.75 Å². The van der Waals surface area contributed by atoms with Gasteiger partial charge in [0, 0.05) is 12.8 Å². The largest absolute Gasteiger partial charge is 0.496 e. The third-order valence-corrected chi connectivity index (χ3v) is 3.53. The fraction of sp³-hybridized carbons (Fsp3) is 0.533. The summed E-state index contributed by atoms with van der Waals surface area (Å²) in [6, 6.07) is 3.80. The molecule has 0 saturated carbocycles. The van der Waals surface area contributed by atoms with Crippen LogP contribution in [0.5, 0.6) is 5.75 Å². The van der Waals surface area contributed by atoms with Crippen molar-refractivity contribution < 1.29 is 14.3 Å². The number of hydrogen-bond acceptors (Lipinski definition) is 3. The van der Waals surface area contributed by atoms with Gasteiger partial charge in [-0.3, -0.25) is 4.79 Å². The summed E-state index contributed by atoms with van der Waals surface area (Å²) in [4.78, 5) is 12.2. The van der Waals surface area contributed by atoms with Gasteiger partial charge in [0.05, 0.1) is 7.11 Å². The molecule has 0 spiro atoms. The number of methoxy groups -OCH3 is 2. The highest BCUT2D eigenvalue weighted by atomic mass is 16.5. The van der Waals surface area contributed by atoms with Crippen LogP contribution in [-0.2, 0) is 9.53 Å². The quantitative estimate of drug-likeness (QED) is 0.890. The van der Waals surface area contributed by atoms with E-state index in [0.29, 0.717) is 6.42 Å². The molecular formula is C15H23NO3. The minimum atomic E-state index is -0.804. The van der Waals surface area contributed by atoms with Crippen molar-refractivity contribution >= 4 is 11.6 Å². The zero-order valence-corrected chi connectivity index (χ0v) is 12.6. The first-order chi connectivity index (χ1) is 8.87. The second-order valence-electron chi connectivity index (χ2n) is 4.89. The molecule has 1 aromatic rings. The fourth-order valence-electron chi connectivity index (χ4n) is 2.01. The van der Waals surface area contributed by atoms with E-state index in [1.807, 2.05) is 32.9 Å². The average Bonchev–Trinajstić information content (AvgIpc) is 2.37. The van der Waals surface area contributed by atoms with Crippen molar-refractivity contribution in [2.24, 2.45) is 0 Å². The van der Waals surface area contributed by atoms with E-state index >= 15 is 0 Å². The monoisotopic (exact) mass is 265 g/mol. The number of hydrogen-bond donors (Lipinski definition) is 1. The summed E-state index contributed by atoms with van der Waals surface area (Å²) in [5, 5.41) is 2.90. The summed E-state index contributed by atoms with van der Waals surface area (Å²) in [7, 11) is 3.19. The average molecular weight is 265 g/mol. The van der Waals surface area contributed by atoms with E-state index in [9.17, 15) is 4.79 Å². The number of anilines is 1. The van der Waals surface area contributed by atoms with Gasteiger partial charge in [-0.15, -0.1) is 0 Å². The highest BCUT2D eigenvalue weighted by Gasteiger charge is 2.31. The Hall–Kier alpha value is -1.55. The smallest absolute Gasteiger partial charge is 0.256 e. The summed E-state index contributed by atoms with van der Waals surface area (Å²) in [6.07, 6.45) is 0.615. The lowest BCUT2D eigenvalue weighted by Gasteiger charge is -2.25. The van der Waals surface area contributed by atoms with Crippen LogP contribution in [0.15, 0.2) is 12.1 Å². The van der Waals surface area contributed by atoms with Crippen LogP contribution in [-0.4, -0.2) is 25.7 Å². The molecule has 19 heavy (non-hydrogen) atoms. The SMILES string of the molecule is CCC(C)(OC)C(=O)Nc1cc(C)c(OC)c(C)c1. The fourth-order valence-corrected chi connectivity index (χ4v) is 2.01. The first-order valence-electron chi connectivity index (χ1n) is 6.39. The molecule has 0 aromatic heterocycles. The van der Waals surface area contributed by atoms with E-state index in [1.54, 1.807) is 21.1 Å². The second-order valence-corrected chi connectivity index (χ2v) is 4.89. The van der Waals surface area contributed by atoms with Crippen LogP contribution in [0, 0.1) is 13.8 Å². The van der Waals surface area contributed by atoms with E-state index in [0.717, 1.165) is 22.6 Å². The van der Waals surface area contributed by atoms with Crippen molar-refractivity contribution in [1.29, 1.82) is 0 Å². The first-order valence-corrected chi connectivity index (χ1v) is 6.39. The van der Waals surface area contributed by atoms with Crippen LogP contribution in [0.1, 0.15) is 31.4 Å². The van der Waals surface area contributed by atoms with Gasteiger partial charge in [-0.25, -0.2) is 0 Å². The molecule has 1 atom stereocenters. The summed E-state index contributed by atoms with van der Waals surface area (Å²) >= 11 is 0. The molecule has 106 valence electrons. The lowest BCUT2D eigenvalue weighted by Crippen LogP contribution is -2.41. The van der Waals surface area contributed by atoms with E-state index in [-0.39, 0.29) is 5.91 Å². The van der Waals surface area contributed by atoms with Crippen molar-refractivity contribution in [2.75, 3.05) is 19.5 Å². The van der Waals surface area contributed by atoms with Gasteiger partial charge in [-0.1, -0.05) is 6.92 Å². The van der Waals surface area contributed by atoms with Gasteiger partial charge in [0.2, 0.25) is 0 Å². The van der Waals surface area contributed by atoms with Crippen LogP contribution in [0.2, 0.25) is 0 Å². The Kier molecular flexibility index (Phi) is 4.95. The lowest BCUT2D eigenvalue weighted by atomic mass is 10.0. The zero-order valence-electron chi connectivity index (χ0n) is 12.6. The topological polar surface area (TPSA) is 47.6 Å². The van der Waals surface area contributed by atoms with Crippen LogP contribution in [0.4, 0.5) is 5.69 Å². The molecule has 0 radical (unpaired) electrons. The van der Waals surface area contributed by atoms with Gasteiger partial charge in [-0.2, -0.15) is 0 Å². The van der Waals surface area contributed by atoms with Crippen molar-refractivity contribution in [3.05, 3.63) is 23.3 Å². The number of rotatable bonds is 5. The molecule has 0 aliphatic rings. The molecule has 4 nitrogen and oxygen atoms in total. The number of ether oxygens (including phenoxy) is 2. The molecule has 1 aromatic carbocycles. The Morgan fingerprint density at radius 2 is 1.79 bits per heavy atom. The Bertz CT molecular complexity index is 441. The molecule has 0 heterocycles. The summed E-state index contributed by atoms with van der Waals surface area (Å²) in [5.74, 6) is 0.712. The van der Waals surface area contributed by atoms with E-state index in [4.69, 9.17) is 9.47 Å². The molecule has 1 unspecified atom stereocenters. The predicted molar refractivity (Wildman–Crippen MR) is 76.8 cm³/mol. The molecule has 0 fully saturated rings. The van der Waals surface area contributed by atoms with Gasteiger partial charge in [0.15, 0.2) is 0 Å². The van der Waals surface area contributed by atoms with Gasteiger partial charge >= 0.3 is 0 Å². The van der Waals surface area contributed by atoms with Crippen LogP contribution in [0.3, 0.4) is 0 Å². The lowest BCUT2D eigenvalue weighted by molar-refractivity contribution is -0.136. The highest BCUT2D eigenvalue weighted by molar-refractivity contribution is 5.97. The summed E-state index contributed by atoms with van der Waals surface area (Å²) in [6.45, 7) is 7.62. The Labute approximate surface area is 115 Å². The van der Waals surface area contributed by atoms with E-state index in [1.165, 1.54) is 0 Å². The van der Waals surface area contributed by atoms with Crippen LogP contribution in [0.25, 0.3) is 0 Å². The highest BCUT2D eigenvalue weighted by Crippen LogP contribution is 2.27. The maximum Gasteiger partial charge on any atom is 0.256 e. The van der Waals surface area contributed by atoms with Gasteiger partial charge < -0.3 is 14.8 Å². The number of amides is 1. The molecule has 0 aliphatic carbocycles. The molecule has 1 rings (SSSR count). The Morgan fingerprint density at radius 3 is 2.16 bits per heavy atom. The molecule has 1 N–H and O–H groups in total. The Morgan fingerprint density at radius 1 is 1.26 bits per heavy atom. The summed E-state index contributed by atoms with van der Waals surface area (Å²) < 4.78 is 10.6. The second kappa shape index (κ2) is 6.06. The van der Waals surface area contributed by atoms with Crippen LogP contribution >= 0.6 is 0 Å². The third-order valence-electron chi connectivity index (χ3n) is 3.53. The predicted octanol–water partition coefficient (Wildman–Crippen LogP) is 3.07. The van der Waals surface area contributed by atoms with E-state index < -0.39 is 5.60 Å². The first kappa shape index (κ1) is 15.5. The minimum absolute atomic E-state index is 0.138. The summed E-state index contributed by atoms with van der Waals surface area (Å²) in [5.41, 5.74) is 1.95. The van der Waals surface area contributed by atoms with Crippen molar-refractivity contribution in [1.82, 2.24) is 0 Å². The standard InChI is InChI=1S/C15H23NO3/c1-7-15(4,19-6)14(17)16-12-8-10(2)13(18-5)11(3)9-12/h8-9H,7H2,1-6H3,(H,16,17). The van der Waals surface area contributed by atoms with Crippen LogP contribution < -0.4 is 10.1 Å². The van der Waals surface area contributed by atoms with Gasteiger partial charge in [-0.05, 0) is 50.5 Å². The molecule has 1 amide bonds. The molecule has 0 saturated heterocycles. The molecule has 0 bridgehead atoms.